The van der Waals surface area contributed by atoms with Crippen LogP contribution in [0.4, 0.5) is 4.39 Å². The molecule has 80 valence electrons. The number of hydrogen-bond donors (Lipinski definition) is 0. The van der Waals surface area contributed by atoms with Crippen LogP contribution in [-0.2, 0) is 6.42 Å². The Balaban J connectivity index is 2.37. The summed E-state index contributed by atoms with van der Waals surface area (Å²) in [4.78, 5) is 4.49. The van der Waals surface area contributed by atoms with Gasteiger partial charge in [0.05, 0.1) is 6.04 Å². The number of halogens is 1. The lowest BCUT2D eigenvalue weighted by atomic mass is 9.91. The average Bonchev–Trinajstić information content (AvgIpc) is 2.19. The molecule has 0 N–H and O–H groups in total. The van der Waals surface area contributed by atoms with Gasteiger partial charge in [0.25, 0.3) is 0 Å². The molecule has 1 aliphatic rings. The molecule has 2 rings (SSSR count). The largest absolute Gasteiger partial charge is 0.289 e. The summed E-state index contributed by atoms with van der Waals surface area (Å²) in [5.41, 5.74) is 2.86. The average molecular weight is 205 g/mol. The SMILES string of the molecule is Cc1cc2c(cc1F)CC(C(C)C)N=C2. The van der Waals surface area contributed by atoms with Crippen molar-refractivity contribution in [3.8, 4) is 0 Å². The molecular weight excluding hydrogens is 189 g/mol. The molecule has 0 saturated carbocycles. The number of fused-ring (bicyclic) bond motifs is 1. The Kier molecular flexibility index (Phi) is 2.59. The van der Waals surface area contributed by atoms with Crippen molar-refractivity contribution in [2.75, 3.05) is 0 Å². The Morgan fingerprint density at radius 1 is 1.40 bits per heavy atom. The van der Waals surface area contributed by atoms with Gasteiger partial charge >= 0.3 is 0 Å². The maximum Gasteiger partial charge on any atom is 0.126 e. The Hall–Kier alpha value is -1.18. The van der Waals surface area contributed by atoms with Gasteiger partial charge in [-0.05, 0) is 48.1 Å². The highest BCUT2D eigenvalue weighted by Crippen LogP contribution is 2.23. The van der Waals surface area contributed by atoms with Crippen molar-refractivity contribution < 1.29 is 4.39 Å². The van der Waals surface area contributed by atoms with Gasteiger partial charge in [-0.3, -0.25) is 4.99 Å². The van der Waals surface area contributed by atoms with Crippen molar-refractivity contribution in [3.63, 3.8) is 0 Å². The van der Waals surface area contributed by atoms with Crippen molar-refractivity contribution in [1.82, 2.24) is 0 Å². The van der Waals surface area contributed by atoms with E-state index in [2.05, 4.69) is 18.8 Å². The molecular formula is C13H16FN. The Morgan fingerprint density at radius 3 is 2.80 bits per heavy atom. The zero-order chi connectivity index (χ0) is 11.0. The van der Waals surface area contributed by atoms with Gasteiger partial charge in [-0.15, -0.1) is 0 Å². The number of rotatable bonds is 1. The number of benzene rings is 1. The summed E-state index contributed by atoms with van der Waals surface area (Å²) in [5, 5.41) is 0. The fourth-order valence-corrected chi connectivity index (χ4v) is 1.90. The molecule has 1 heterocycles. The molecule has 1 aromatic rings. The maximum absolute atomic E-state index is 13.4. The van der Waals surface area contributed by atoms with Gasteiger partial charge in [-0.1, -0.05) is 13.8 Å². The number of hydrogen-bond acceptors (Lipinski definition) is 1. The van der Waals surface area contributed by atoms with Gasteiger partial charge < -0.3 is 0 Å². The van der Waals surface area contributed by atoms with E-state index in [-0.39, 0.29) is 5.82 Å². The van der Waals surface area contributed by atoms with Crippen LogP contribution >= 0.6 is 0 Å². The van der Waals surface area contributed by atoms with Gasteiger partial charge in [-0.2, -0.15) is 0 Å². The smallest absolute Gasteiger partial charge is 0.126 e. The van der Waals surface area contributed by atoms with E-state index in [0.29, 0.717) is 17.5 Å². The number of aryl methyl sites for hydroxylation is 1. The van der Waals surface area contributed by atoms with Crippen LogP contribution in [0.2, 0.25) is 0 Å². The fraction of sp³-hybridized carbons (Fsp3) is 0.462. The van der Waals surface area contributed by atoms with Crippen LogP contribution in [-0.4, -0.2) is 12.3 Å². The van der Waals surface area contributed by atoms with E-state index in [4.69, 9.17) is 0 Å². The molecule has 1 aliphatic heterocycles. The van der Waals surface area contributed by atoms with Crippen LogP contribution in [0, 0.1) is 18.7 Å². The lowest BCUT2D eigenvalue weighted by molar-refractivity contribution is 0.488. The van der Waals surface area contributed by atoms with Crippen LogP contribution in [0.25, 0.3) is 0 Å². The predicted octanol–water partition coefficient (Wildman–Crippen LogP) is 3.13. The molecule has 2 heteroatoms. The Morgan fingerprint density at radius 2 is 2.13 bits per heavy atom. The molecule has 15 heavy (non-hydrogen) atoms. The zero-order valence-corrected chi connectivity index (χ0v) is 9.42. The number of nitrogens with zero attached hydrogens (tertiary/aromatic N) is 1. The topological polar surface area (TPSA) is 12.4 Å². The first kappa shape index (κ1) is 10.3. The Labute approximate surface area is 90.0 Å². The molecule has 0 amide bonds. The summed E-state index contributed by atoms with van der Waals surface area (Å²) in [6, 6.07) is 3.84. The van der Waals surface area contributed by atoms with E-state index < -0.39 is 0 Å². The highest BCUT2D eigenvalue weighted by Gasteiger charge is 2.18. The summed E-state index contributed by atoms with van der Waals surface area (Å²) in [5.74, 6) is 0.408. The lowest BCUT2D eigenvalue weighted by Gasteiger charge is -2.22. The summed E-state index contributed by atoms with van der Waals surface area (Å²) in [7, 11) is 0. The van der Waals surface area contributed by atoms with E-state index in [0.717, 1.165) is 17.5 Å². The molecule has 1 atom stereocenters. The molecule has 1 unspecified atom stereocenters. The predicted molar refractivity (Wildman–Crippen MR) is 61.1 cm³/mol. The lowest BCUT2D eigenvalue weighted by Crippen LogP contribution is -2.21. The Bertz CT molecular complexity index is 407. The fourth-order valence-electron chi connectivity index (χ4n) is 1.90. The quantitative estimate of drug-likeness (QED) is 0.668. The molecule has 0 radical (unpaired) electrons. The molecule has 1 nitrogen and oxygen atoms in total. The summed E-state index contributed by atoms with van der Waals surface area (Å²) >= 11 is 0. The number of aliphatic imine (C=N–C) groups is 1. The monoisotopic (exact) mass is 205 g/mol. The second-order valence-corrected chi connectivity index (χ2v) is 4.59. The second-order valence-electron chi connectivity index (χ2n) is 4.59. The van der Waals surface area contributed by atoms with Crippen molar-refractivity contribution >= 4 is 6.21 Å². The summed E-state index contributed by atoms with van der Waals surface area (Å²) in [6.45, 7) is 6.09. The van der Waals surface area contributed by atoms with E-state index >= 15 is 0 Å². The molecule has 0 saturated heterocycles. The van der Waals surface area contributed by atoms with Gasteiger partial charge in [0, 0.05) is 6.21 Å². The summed E-state index contributed by atoms with van der Waals surface area (Å²) in [6.07, 6.45) is 2.75. The van der Waals surface area contributed by atoms with Gasteiger partial charge in [-0.25, -0.2) is 4.39 Å². The molecule has 0 spiro atoms. The van der Waals surface area contributed by atoms with Crippen LogP contribution in [0.15, 0.2) is 17.1 Å². The van der Waals surface area contributed by atoms with E-state index in [1.807, 2.05) is 12.3 Å². The van der Waals surface area contributed by atoms with Crippen molar-refractivity contribution in [2.24, 2.45) is 10.9 Å². The molecule has 0 aromatic heterocycles. The minimum Gasteiger partial charge on any atom is -0.289 e. The zero-order valence-electron chi connectivity index (χ0n) is 9.42. The van der Waals surface area contributed by atoms with E-state index in [1.165, 1.54) is 0 Å². The normalized spacial score (nSPS) is 19.4. The van der Waals surface area contributed by atoms with Gasteiger partial charge in [0.1, 0.15) is 5.82 Å². The third-order valence-corrected chi connectivity index (χ3v) is 3.02. The highest BCUT2D eigenvalue weighted by atomic mass is 19.1. The standard InChI is InChI=1S/C13H16FN/c1-8(2)13-6-10-5-12(14)9(3)4-11(10)7-15-13/h4-5,7-8,13H,6H2,1-3H3. The molecule has 0 fully saturated rings. The van der Waals surface area contributed by atoms with E-state index in [9.17, 15) is 4.39 Å². The van der Waals surface area contributed by atoms with Gasteiger partial charge in [0.15, 0.2) is 0 Å². The van der Waals surface area contributed by atoms with Crippen LogP contribution in [0.5, 0.6) is 0 Å². The van der Waals surface area contributed by atoms with Gasteiger partial charge in [0.2, 0.25) is 0 Å². The molecule has 1 aromatic carbocycles. The first-order valence-corrected chi connectivity index (χ1v) is 5.40. The molecule has 0 bridgehead atoms. The van der Waals surface area contributed by atoms with Crippen LogP contribution < -0.4 is 0 Å². The minimum absolute atomic E-state index is 0.105. The minimum atomic E-state index is -0.105. The van der Waals surface area contributed by atoms with Crippen LogP contribution in [0.3, 0.4) is 0 Å². The first-order valence-electron chi connectivity index (χ1n) is 5.40. The molecule has 0 aliphatic carbocycles. The van der Waals surface area contributed by atoms with Crippen molar-refractivity contribution in [2.45, 2.75) is 33.2 Å². The maximum atomic E-state index is 13.4. The van der Waals surface area contributed by atoms with Crippen molar-refractivity contribution in [1.29, 1.82) is 0 Å². The van der Waals surface area contributed by atoms with Crippen molar-refractivity contribution in [3.05, 3.63) is 34.6 Å². The third-order valence-electron chi connectivity index (χ3n) is 3.02. The highest BCUT2D eigenvalue weighted by molar-refractivity contribution is 5.83. The summed E-state index contributed by atoms with van der Waals surface area (Å²) < 4.78 is 13.4. The second kappa shape index (κ2) is 3.76. The van der Waals surface area contributed by atoms with E-state index in [1.54, 1.807) is 13.0 Å². The first-order chi connectivity index (χ1) is 7.08. The third kappa shape index (κ3) is 1.94. The van der Waals surface area contributed by atoms with Crippen LogP contribution in [0.1, 0.15) is 30.5 Å².